The molecule has 0 N–H and O–H groups in total. The summed E-state index contributed by atoms with van der Waals surface area (Å²) in [7, 11) is 7.98. The van der Waals surface area contributed by atoms with Crippen molar-refractivity contribution in [1.82, 2.24) is 48.9 Å². The van der Waals surface area contributed by atoms with Crippen molar-refractivity contribution in [1.29, 1.82) is 10.5 Å². The number of nitriles is 2. The van der Waals surface area contributed by atoms with Crippen LogP contribution in [-0.4, -0.2) is 140 Å². The Morgan fingerprint density at radius 2 is 1.00 bits per heavy atom. The molecular formula is C58H72N16O4. The topological polar surface area (TPSA) is 191 Å². The normalized spacial score (nSPS) is 19.6. The smallest absolute Gasteiger partial charge is 0.222 e. The molecule has 2 aromatic carbocycles. The van der Waals surface area contributed by atoms with Crippen LogP contribution in [0, 0.1) is 22.7 Å². The lowest BCUT2D eigenvalue weighted by molar-refractivity contribution is -0.132. The fourth-order valence-corrected chi connectivity index (χ4v) is 12.4. The van der Waals surface area contributed by atoms with Gasteiger partial charge < -0.3 is 38.9 Å². The molecule has 6 aliphatic rings. The highest BCUT2D eigenvalue weighted by Gasteiger charge is 2.39. The summed E-state index contributed by atoms with van der Waals surface area (Å²) in [4.78, 5) is 38.5. The molecule has 408 valence electrons. The number of hydrogen-bond donors (Lipinski definition) is 0. The van der Waals surface area contributed by atoms with Gasteiger partial charge in [0.2, 0.25) is 11.8 Å². The van der Waals surface area contributed by atoms with E-state index in [4.69, 9.17) is 19.7 Å². The average molecular weight is 1060 g/mol. The van der Waals surface area contributed by atoms with Crippen LogP contribution in [0.3, 0.4) is 0 Å². The van der Waals surface area contributed by atoms with E-state index in [9.17, 15) is 20.1 Å². The first-order chi connectivity index (χ1) is 37.8. The van der Waals surface area contributed by atoms with Gasteiger partial charge in [0.15, 0.2) is 11.6 Å². The quantitative estimate of drug-likeness (QED) is 0.145. The maximum absolute atomic E-state index is 12.7. The lowest BCUT2D eigenvalue weighted by Gasteiger charge is -2.41. The molecule has 2 saturated heterocycles. The van der Waals surface area contributed by atoms with Gasteiger partial charge >= 0.3 is 0 Å². The predicted octanol–water partition coefficient (Wildman–Crippen LogP) is 7.56. The van der Waals surface area contributed by atoms with E-state index >= 15 is 0 Å². The Bertz CT molecular complexity index is 3110. The van der Waals surface area contributed by atoms with E-state index in [1.807, 2.05) is 62.3 Å². The molecule has 0 spiro atoms. The molecule has 2 amide bonds. The van der Waals surface area contributed by atoms with Crippen LogP contribution in [0.4, 0.5) is 34.4 Å². The van der Waals surface area contributed by atoms with Gasteiger partial charge in [-0.3, -0.25) is 28.3 Å². The molecule has 0 bridgehead atoms. The van der Waals surface area contributed by atoms with E-state index in [1.54, 1.807) is 21.8 Å². The van der Waals surface area contributed by atoms with Crippen LogP contribution in [0.15, 0.2) is 49.1 Å². The van der Waals surface area contributed by atoms with Crippen LogP contribution >= 0.6 is 0 Å². The second-order valence-corrected chi connectivity index (χ2v) is 21.9. The van der Waals surface area contributed by atoms with E-state index in [-0.39, 0.29) is 23.9 Å². The number of aromatic nitrogens is 8. The zero-order valence-electron chi connectivity index (χ0n) is 46.4. The number of nitrogens with zero attached hydrogens (tertiary/aromatic N) is 16. The third-order valence-electron chi connectivity index (χ3n) is 17.1. The Labute approximate surface area is 456 Å². The van der Waals surface area contributed by atoms with Gasteiger partial charge in [0.05, 0.1) is 83.6 Å². The monoisotopic (exact) mass is 1060 g/mol. The Morgan fingerprint density at radius 3 is 1.35 bits per heavy atom. The number of likely N-dealkylation sites (N-methyl/N-ethyl adjacent to an activating group) is 2. The van der Waals surface area contributed by atoms with Crippen LogP contribution in [0.5, 0.6) is 0 Å². The molecule has 78 heavy (non-hydrogen) atoms. The molecule has 6 aliphatic heterocycles. The number of anilines is 6. The summed E-state index contributed by atoms with van der Waals surface area (Å²) in [5.41, 5.74) is 13.6. The number of carbonyl (C=O) groups is 2. The first kappa shape index (κ1) is 52.4. The fourth-order valence-electron chi connectivity index (χ4n) is 12.4. The molecule has 10 heterocycles. The van der Waals surface area contributed by atoms with Gasteiger partial charge in [-0.05, 0) is 63.8 Å². The lowest BCUT2D eigenvalue weighted by atomic mass is 9.97. The van der Waals surface area contributed by atoms with Crippen LogP contribution in [0.25, 0.3) is 22.3 Å². The molecule has 0 saturated carbocycles. The highest BCUT2D eigenvalue weighted by atomic mass is 16.5. The lowest BCUT2D eigenvalue weighted by Crippen LogP contribution is -2.44. The largest absolute Gasteiger partial charge is 0.381 e. The van der Waals surface area contributed by atoms with Crippen molar-refractivity contribution >= 4 is 46.2 Å². The van der Waals surface area contributed by atoms with Crippen molar-refractivity contribution in [2.75, 3.05) is 86.3 Å². The van der Waals surface area contributed by atoms with E-state index < -0.39 is 0 Å². The molecule has 20 nitrogen and oxygen atoms in total. The van der Waals surface area contributed by atoms with Gasteiger partial charge in [-0.2, -0.15) is 30.9 Å². The maximum atomic E-state index is 12.7. The van der Waals surface area contributed by atoms with E-state index in [1.165, 1.54) is 11.4 Å². The van der Waals surface area contributed by atoms with Crippen molar-refractivity contribution in [2.24, 2.45) is 14.1 Å². The van der Waals surface area contributed by atoms with Gasteiger partial charge in [0.25, 0.3) is 0 Å². The summed E-state index contributed by atoms with van der Waals surface area (Å²) < 4.78 is 19.3. The third-order valence-corrected chi connectivity index (χ3v) is 17.1. The van der Waals surface area contributed by atoms with E-state index in [0.29, 0.717) is 49.1 Å². The average Bonchev–Trinajstić information content (AvgIpc) is 4.30. The van der Waals surface area contributed by atoms with Gasteiger partial charge in [0, 0.05) is 176 Å². The minimum atomic E-state index is 0.172. The van der Waals surface area contributed by atoms with E-state index in [0.717, 1.165) is 159 Å². The number of amides is 2. The van der Waals surface area contributed by atoms with Gasteiger partial charge in [-0.15, -0.1) is 0 Å². The zero-order chi connectivity index (χ0) is 54.5. The number of carbonyl (C=O) groups excluding carboxylic acids is 2. The molecule has 20 heteroatoms. The minimum Gasteiger partial charge on any atom is -0.381 e. The highest BCUT2D eigenvalue weighted by Crippen LogP contribution is 2.47. The molecule has 0 unspecified atom stereocenters. The van der Waals surface area contributed by atoms with Crippen molar-refractivity contribution in [3.05, 3.63) is 82.7 Å². The summed E-state index contributed by atoms with van der Waals surface area (Å²) in [6.45, 7) is 15.3. The van der Waals surface area contributed by atoms with Crippen LogP contribution in [0.1, 0.15) is 112 Å². The molecule has 6 aromatic rings. The predicted molar refractivity (Wildman–Crippen MR) is 298 cm³/mol. The van der Waals surface area contributed by atoms with E-state index in [2.05, 4.69) is 91.4 Å². The third kappa shape index (κ3) is 9.52. The molecule has 2 atom stereocenters. The van der Waals surface area contributed by atoms with Gasteiger partial charge in [0.1, 0.15) is 0 Å². The van der Waals surface area contributed by atoms with Crippen molar-refractivity contribution in [3.8, 4) is 34.4 Å². The number of aryl methyl sites for hydroxylation is 2. The second-order valence-electron chi connectivity index (χ2n) is 21.9. The second kappa shape index (κ2) is 21.6. The van der Waals surface area contributed by atoms with Crippen molar-refractivity contribution in [2.45, 2.75) is 116 Å². The molecular weight excluding hydrogens is 985 g/mol. The SMILES string of the molecule is CCC(=O)N1CCc2c(c(N3C[C@@H](C)N(C)c4cc(-c5cnn(C)c5)c(C#N)cc43)nn2C2CCOCC2)C1.CCC(=O)N1CCc2c(c(N3C[C@H](C)N(C)c4cc(-c5cnn(C)c5)c(C#N)cc43)nn2C2CCOCC2)C1. The Hall–Kier alpha value is -7.68. The molecule has 0 radical (unpaired) electrons. The van der Waals surface area contributed by atoms with Crippen LogP contribution < -0.4 is 19.6 Å². The summed E-state index contributed by atoms with van der Waals surface area (Å²) in [6, 6.07) is 14.1. The number of hydrogen-bond acceptors (Lipinski definition) is 14. The van der Waals surface area contributed by atoms with Crippen molar-refractivity contribution in [3.63, 3.8) is 0 Å². The molecule has 4 aromatic heterocycles. The summed E-state index contributed by atoms with van der Waals surface area (Å²) in [6.07, 6.45) is 13.8. The first-order valence-corrected chi connectivity index (χ1v) is 27.8. The van der Waals surface area contributed by atoms with Crippen molar-refractivity contribution < 1.29 is 19.1 Å². The van der Waals surface area contributed by atoms with Crippen LogP contribution in [-0.2, 0) is 59.1 Å². The van der Waals surface area contributed by atoms with Gasteiger partial charge in [-0.25, -0.2) is 0 Å². The highest BCUT2D eigenvalue weighted by molar-refractivity contribution is 5.89. The maximum Gasteiger partial charge on any atom is 0.222 e. The molecule has 2 fully saturated rings. The number of benzene rings is 2. The standard InChI is InChI=1S/2C29H36N8O2/c2*1-5-28(38)35-9-6-25-24(18-35)29(32-37(25)22-7-10-39-11-8-22)36-16-19(2)34(4)26-13-23(20(14-30)12-27(26)36)21-15-31-33(3)17-21/h2*12-13,15,17,19,22H,5-11,16,18H2,1-4H3/t2*19-/m10/s1. The number of ether oxygens (including phenoxy) is 2. The Morgan fingerprint density at radius 1 is 0.603 bits per heavy atom. The molecule has 12 rings (SSSR count). The number of fused-ring (bicyclic) bond motifs is 4. The summed E-state index contributed by atoms with van der Waals surface area (Å²) in [5.74, 6) is 2.16. The van der Waals surface area contributed by atoms with Crippen LogP contribution in [0.2, 0.25) is 0 Å². The first-order valence-electron chi connectivity index (χ1n) is 27.8. The Balaban J connectivity index is 0.000000165. The summed E-state index contributed by atoms with van der Waals surface area (Å²) >= 11 is 0. The summed E-state index contributed by atoms with van der Waals surface area (Å²) in [5, 5.41) is 39.6. The molecule has 0 aliphatic carbocycles. The fraction of sp³-hybridized carbons (Fsp3) is 0.517. The van der Waals surface area contributed by atoms with Gasteiger partial charge in [-0.1, -0.05) is 13.8 Å². The zero-order valence-corrected chi connectivity index (χ0v) is 46.4. The Kier molecular flexibility index (Phi) is 14.5. The number of rotatable bonds is 8. The minimum absolute atomic E-state index is 0.172.